The summed E-state index contributed by atoms with van der Waals surface area (Å²) in [5.74, 6) is -0.0610. The first-order valence-corrected chi connectivity index (χ1v) is 6.73. The Bertz CT molecular complexity index is 313. The average Bonchev–Trinajstić information content (AvgIpc) is 2.38. The van der Waals surface area contributed by atoms with Crippen LogP contribution >= 0.6 is 0 Å². The minimum Gasteiger partial charge on any atom is -0.380 e. The van der Waals surface area contributed by atoms with Crippen molar-refractivity contribution in [3.05, 3.63) is 0 Å². The SMILES string of the molecule is CCOCCN1C(=O)C(CC)(CC)NC(=O)C1C. The minimum absolute atomic E-state index is 0.0132. The normalized spacial score (nSPS) is 23.1. The zero-order valence-corrected chi connectivity index (χ0v) is 11.8. The predicted molar refractivity (Wildman–Crippen MR) is 69.1 cm³/mol. The van der Waals surface area contributed by atoms with Gasteiger partial charge in [0.25, 0.3) is 0 Å². The number of carbonyl (C=O) groups excluding carboxylic acids is 2. The van der Waals surface area contributed by atoms with Gasteiger partial charge < -0.3 is 15.0 Å². The van der Waals surface area contributed by atoms with E-state index >= 15 is 0 Å². The van der Waals surface area contributed by atoms with Crippen molar-refractivity contribution < 1.29 is 14.3 Å². The first kappa shape index (κ1) is 15.0. The van der Waals surface area contributed by atoms with Gasteiger partial charge in [-0.1, -0.05) is 13.8 Å². The zero-order chi connectivity index (χ0) is 13.8. The second-order valence-electron chi connectivity index (χ2n) is 4.65. The van der Waals surface area contributed by atoms with Crippen molar-refractivity contribution in [1.29, 1.82) is 0 Å². The van der Waals surface area contributed by atoms with Gasteiger partial charge in [0.1, 0.15) is 11.6 Å². The van der Waals surface area contributed by atoms with Crippen LogP contribution in [-0.4, -0.2) is 48.1 Å². The van der Waals surface area contributed by atoms with E-state index in [9.17, 15) is 9.59 Å². The third-order valence-corrected chi connectivity index (χ3v) is 3.77. The Hall–Kier alpha value is -1.10. The Kier molecular flexibility index (Phi) is 5.14. The van der Waals surface area contributed by atoms with E-state index in [0.717, 1.165) is 0 Å². The molecule has 0 aromatic carbocycles. The van der Waals surface area contributed by atoms with Gasteiger partial charge >= 0.3 is 0 Å². The van der Waals surface area contributed by atoms with E-state index in [0.29, 0.717) is 32.6 Å². The van der Waals surface area contributed by atoms with Crippen LogP contribution in [0.1, 0.15) is 40.5 Å². The van der Waals surface area contributed by atoms with Crippen molar-refractivity contribution in [2.24, 2.45) is 0 Å². The molecule has 1 rings (SSSR count). The van der Waals surface area contributed by atoms with Crippen molar-refractivity contribution in [3.63, 3.8) is 0 Å². The summed E-state index contributed by atoms with van der Waals surface area (Å²) < 4.78 is 5.28. The summed E-state index contributed by atoms with van der Waals surface area (Å²) in [6.45, 7) is 9.10. The lowest BCUT2D eigenvalue weighted by atomic mass is 9.87. The fourth-order valence-electron chi connectivity index (χ4n) is 2.32. The summed E-state index contributed by atoms with van der Waals surface area (Å²) in [7, 11) is 0. The quantitative estimate of drug-likeness (QED) is 0.719. The standard InChI is InChI=1S/C13H24N2O3/c1-5-13(6-2)12(17)15(8-9-18-7-3)10(4)11(16)14-13/h10H,5-9H2,1-4H3,(H,14,16). The highest BCUT2D eigenvalue weighted by Crippen LogP contribution is 2.24. The van der Waals surface area contributed by atoms with Crippen LogP contribution in [-0.2, 0) is 14.3 Å². The van der Waals surface area contributed by atoms with Gasteiger partial charge in [0, 0.05) is 13.2 Å². The van der Waals surface area contributed by atoms with Crippen LogP contribution in [0.25, 0.3) is 0 Å². The van der Waals surface area contributed by atoms with Gasteiger partial charge in [-0.2, -0.15) is 0 Å². The smallest absolute Gasteiger partial charge is 0.249 e. The molecular formula is C13H24N2O3. The van der Waals surface area contributed by atoms with Gasteiger partial charge in [-0.05, 0) is 26.7 Å². The van der Waals surface area contributed by atoms with Crippen molar-refractivity contribution in [2.75, 3.05) is 19.8 Å². The second kappa shape index (κ2) is 6.18. The van der Waals surface area contributed by atoms with Gasteiger partial charge in [0.2, 0.25) is 11.8 Å². The molecule has 1 aliphatic heterocycles. The first-order valence-electron chi connectivity index (χ1n) is 6.73. The highest BCUT2D eigenvalue weighted by molar-refractivity contribution is 5.99. The van der Waals surface area contributed by atoms with E-state index in [1.165, 1.54) is 0 Å². The molecule has 1 saturated heterocycles. The highest BCUT2D eigenvalue weighted by atomic mass is 16.5. The van der Waals surface area contributed by atoms with Crippen molar-refractivity contribution in [3.8, 4) is 0 Å². The molecule has 1 atom stereocenters. The maximum Gasteiger partial charge on any atom is 0.249 e. The summed E-state index contributed by atoms with van der Waals surface area (Å²) in [5.41, 5.74) is -0.726. The van der Waals surface area contributed by atoms with E-state index in [-0.39, 0.29) is 11.8 Å². The molecule has 0 spiro atoms. The van der Waals surface area contributed by atoms with Crippen molar-refractivity contribution in [2.45, 2.75) is 52.1 Å². The van der Waals surface area contributed by atoms with Gasteiger partial charge in [-0.3, -0.25) is 9.59 Å². The lowest BCUT2D eigenvalue weighted by molar-refractivity contribution is -0.155. The largest absolute Gasteiger partial charge is 0.380 e. The summed E-state index contributed by atoms with van der Waals surface area (Å²) in [6, 6.07) is -0.413. The molecular weight excluding hydrogens is 232 g/mol. The van der Waals surface area contributed by atoms with Crippen LogP contribution in [0.15, 0.2) is 0 Å². The van der Waals surface area contributed by atoms with E-state index in [2.05, 4.69) is 5.32 Å². The first-order chi connectivity index (χ1) is 8.52. The van der Waals surface area contributed by atoms with Gasteiger partial charge in [-0.15, -0.1) is 0 Å². The van der Waals surface area contributed by atoms with E-state index in [1.54, 1.807) is 11.8 Å². The summed E-state index contributed by atoms with van der Waals surface area (Å²) in [5, 5.41) is 2.88. The monoisotopic (exact) mass is 256 g/mol. The van der Waals surface area contributed by atoms with E-state index < -0.39 is 11.6 Å². The maximum absolute atomic E-state index is 12.5. The van der Waals surface area contributed by atoms with Crippen LogP contribution in [0.4, 0.5) is 0 Å². The summed E-state index contributed by atoms with van der Waals surface area (Å²) in [4.78, 5) is 26.1. The van der Waals surface area contributed by atoms with E-state index in [1.807, 2.05) is 20.8 Å². The molecule has 0 bridgehead atoms. The Morgan fingerprint density at radius 3 is 2.39 bits per heavy atom. The number of nitrogens with zero attached hydrogens (tertiary/aromatic N) is 1. The Morgan fingerprint density at radius 2 is 1.89 bits per heavy atom. The maximum atomic E-state index is 12.5. The Balaban J connectivity index is 2.85. The molecule has 0 aliphatic carbocycles. The lowest BCUT2D eigenvalue weighted by Gasteiger charge is -2.44. The molecule has 1 heterocycles. The molecule has 1 N–H and O–H groups in total. The summed E-state index contributed by atoms with van der Waals surface area (Å²) in [6.07, 6.45) is 1.23. The molecule has 0 aromatic rings. The molecule has 104 valence electrons. The molecule has 1 fully saturated rings. The number of nitrogens with one attached hydrogen (secondary N) is 1. The van der Waals surface area contributed by atoms with E-state index in [4.69, 9.17) is 4.74 Å². The number of rotatable bonds is 6. The number of amides is 2. The Labute approximate surface area is 109 Å². The fourth-order valence-corrected chi connectivity index (χ4v) is 2.32. The molecule has 0 saturated carbocycles. The third kappa shape index (κ3) is 2.66. The highest BCUT2D eigenvalue weighted by Gasteiger charge is 2.46. The van der Waals surface area contributed by atoms with Crippen molar-refractivity contribution >= 4 is 11.8 Å². The summed E-state index contributed by atoms with van der Waals surface area (Å²) >= 11 is 0. The van der Waals surface area contributed by atoms with Crippen molar-refractivity contribution in [1.82, 2.24) is 10.2 Å². The Morgan fingerprint density at radius 1 is 1.28 bits per heavy atom. The van der Waals surface area contributed by atoms with Gasteiger partial charge in [0.15, 0.2) is 0 Å². The number of piperazine rings is 1. The molecule has 5 nitrogen and oxygen atoms in total. The number of hydrogen-bond donors (Lipinski definition) is 1. The predicted octanol–water partition coefficient (Wildman–Crippen LogP) is 0.929. The molecule has 18 heavy (non-hydrogen) atoms. The van der Waals surface area contributed by atoms with Crippen LogP contribution in [0.3, 0.4) is 0 Å². The molecule has 1 aliphatic rings. The minimum atomic E-state index is -0.726. The molecule has 1 unspecified atom stereocenters. The molecule has 5 heteroatoms. The van der Waals surface area contributed by atoms with Crippen LogP contribution in [0.2, 0.25) is 0 Å². The number of carbonyl (C=O) groups is 2. The second-order valence-corrected chi connectivity index (χ2v) is 4.65. The fraction of sp³-hybridized carbons (Fsp3) is 0.846. The molecule has 0 radical (unpaired) electrons. The average molecular weight is 256 g/mol. The van der Waals surface area contributed by atoms with Crippen LogP contribution in [0, 0.1) is 0 Å². The number of ether oxygens (including phenoxy) is 1. The van der Waals surface area contributed by atoms with Gasteiger partial charge in [-0.25, -0.2) is 0 Å². The topological polar surface area (TPSA) is 58.6 Å². The number of hydrogen-bond acceptors (Lipinski definition) is 3. The van der Waals surface area contributed by atoms with Crippen LogP contribution in [0.5, 0.6) is 0 Å². The third-order valence-electron chi connectivity index (χ3n) is 3.77. The van der Waals surface area contributed by atoms with Gasteiger partial charge in [0.05, 0.1) is 6.61 Å². The van der Waals surface area contributed by atoms with Crippen LogP contribution < -0.4 is 5.32 Å². The molecule has 0 aromatic heterocycles. The molecule has 2 amide bonds. The lowest BCUT2D eigenvalue weighted by Crippen LogP contribution is -2.69. The zero-order valence-electron chi connectivity index (χ0n) is 11.8.